The quantitative estimate of drug-likeness (QED) is 0.619. The molecule has 1 aromatic carbocycles. The van der Waals surface area contributed by atoms with Crippen LogP contribution in [-0.4, -0.2) is 4.87 Å². The van der Waals surface area contributed by atoms with Gasteiger partial charge in [-0.3, -0.25) is 0 Å². The van der Waals surface area contributed by atoms with Crippen molar-refractivity contribution in [1.82, 2.24) is 0 Å². The molecule has 1 heteroatoms. The molecule has 2 saturated carbocycles. The molecule has 74 valence electrons. The smallest absolute Gasteiger partial charge is 0.0626 e. The normalized spacial score (nSPS) is 51.6. The molecule has 0 radical (unpaired) electrons. The summed E-state index contributed by atoms with van der Waals surface area (Å²) in [5, 5.41) is 0. The lowest BCUT2D eigenvalue weighted by atomic mass is 9.83. The molecule has 0 unspecified atom stereocenters. The van der Waals surface area contributed by atoms with Crippen molar-refractivity contribution in [2.24, 2.45) is 5.92 Å². The highest BCUT2D eigenvalue weighted by Crippen LogP contribution is 2.59. The molecule has 0 amide bonds. The fraction of sp³-hybridized carbons (Fsp3) is 0.538. The van der Waals surface area contributed by atoms with Crippen LogP contribution in [0.3, 0.4) is 0 Å². The van der Waals surface area contributed by atoms with E-state index in [4.69, 9.17) is 19.8 Å². The monoisotopic (exact) mass is 212 g/mol. The van der Waals surface area contributed by atoms with Gasteiger partial charge in [-0.1, -0.05) is 30.2 Å². The van der Waals surface area contributed by atoms with E-state index >= 15 is 0 Å². The van der Waals surface area contributed by atoms with Gasteiger partial charge in [0.05, 0.1) is 11.7 Å². The number of hydrogen-bond donors (Lipinski definition) is 0. The molecule has 1 aromatic rings. The van der Waals surface area contributed by atoms with E-state index < -0.39 is 11.3 Å². The predicted molar refractivity (Wildman–Crippen MR) is 59.7 cm³/mol. The first kappa shape index (κ1) is 4.57. The van der Waals surface area contributed by atoms with Crippen molar-refractivity contribution in [3.05, 3.63) is 35.8 Å². The standard InChI is InChI=1S/C13H15Cl/c14-13-7-6-10(9-13)8-12(13)11-4-2-1-3-5-11/h1-5,10,12H,6-9H2/t10-,12+,13+/m1/s1/i1D,2D,3D,4D,5D,9D/t9-,10+,12-,13-/m0. The molecular formula is C13H15Cl. The van der Waals surface area contributed by atoms with Crippen LogP contribution < -0.4 is 0 Å². The Kier molecular flexibility index (Phi) is 0.979. The fourth-order valence-corrected chi connectivity index (χ4v) is 3.22. The second-order valence-electron chi connectivity index (χ2n) is 4.22. The summed E-state index contributed by atoms with van der Waals surface area (Å²) in [5.74, 6) is -0.144. The Morgan fingerprint density at radius 3 is 2.79 bits per heavy atom. The maximum absolute atomic E-state index is 8.19. The third-order valence-corrected chi connectivity index (χ3v) is 3.97. The maximum atomic E-state index is 8.19. The Balaban J connectivity index is 2.18. The molecule has 0 aromatic heterocycles. The Morgan fingerprint density at radius 2 is 2.21 bits per heavy atom. The topological polar surface area (TPSA) is 0 Å². The highest BCUT2D eigenvalue weighted by molar-refractivity contribution is 6.25. The largest absolute Gasteiger partial charge is 0.119 e. The van der Waals surface area contributed by atoms with E-state index in [0.717, 1.165) is 6.42 Å². The molecule has 0 nitrogen and oxygen atoms in total. The Morgan fingerprint density at radius 1 is 1.43 bits per heavy atom. The average molecular weight is 213 g/mol. The van der Waals surface area contributed by atoms with Gasteiger partial charge in [-0.2, -0.15) is 0 Å². The van der Waals surface area contributed by atoms with Crippen molar-refractivity contribution in [2.45, 2.75) is 36.5 Å². The first-order valence-corrected chi connectivity index (χ1v) is 5.34. The first-order valence-electron chi connectivity index (χ1n) is 8.04. The van der Waals surface area contributed by atoms with Crippen LogP contribution in [0.5, 0.6) is 0 Å². The molecule has 2 aliphatic carbocycles. The highest BCUT2D eigenvalue weighted by Gasteiger charge is 2.51. The van der Waals surface area contributed by atoms with Crippen molar-refractivity contribution in [1.29, 1.82) is 0 Å². The Hall–Kier alpha value is -0.490. The summed E-state index contributed by atoms with van der Waals surface area (Å²) in [4.78, 5) is -0.779. The van der Waals surface area contributed by atoms with E-state index in [1.807, 2.05) is 0 Å². The molecule has 14 heavy (non-hydrogen) atoms. The lowest BCUT2D eigenvalue weighted by Gasteiger charge is -2.29. The van der Waals surface area contributed by atoms with E-state index in [1.54, 1.807) is 0 Å². The summed E-state index contributed by atoms with van der Waals surface area (Å²) in [5.41, 5.74) is 0.297. The van der Waals surface area contributed by atoms with Gasteiger partial charge in [0.1, 0.15) is 0 Å². The van der Waals surface area contributed by atoms with E-state index in [2.05, 4.69) is 0 Å². The van der Waals surface area contributed by atoms with Crippen LogP contribution in [0.25, 0.3) is 0 Å². The van der Waals surface area contributed by atoms with Gasteiger partial charge < -0.3 is 0 Å². The molecule has 3 rings (SSSR count). The van der Waals surface area contributed by atoms with Gasteiger partial charge in [-0.25, -0.2) is 0 Å². The van der Waals surface area contributed by atoms with Crippen molar-refractivity contribution in [3.63, 3.8) is 0 Å². The first-order chi connectivity index (χ1) is 9.29. The fourth-order valence-electron chi connectivity index (χ4n) is 2.73. The molecule has 2 aliphatic rings. The molecule has 4 atom stereocenters. The summed E-state index contributed by atoms with van der Waals surface area (Å²) in [6.07, 6.45) is 1.81. The van der Waals surface area contributed by atoms with Gasteiger partial charge in [-0.15, -0.1) is 11.6 Å². The van der Waals surface area contributed by atoms with Crippen molar-refractivity contribution >= 4 is 11.6 Å². The van der Waals surface area contributed by atoms with E-state index in [1.165, 1.54) is 0 Å². The third kappa shape index (κ3) is 1.20. The minimum absolute atomic E-state index is 0.166. The molecule has 0 heterocycles. The lowest BCUT2D eigenvalue weighted by Crippen LogP contribution is -2.23. The van der Waals surface area contributed by atoms with E-state index in [-0.39, 0.29) is 42.0 Å². The third-order valence-electron chi connectivity index (χ3n) is 3.40. The van der Waals surface area contributed by atoms with Crippen molar-refractivity contribution < 1.29 is 8.22 Å². The zero-order valence-corrected chi connectivity index (χ0v) is 8.49. The van der Waals surface area contributed by atoms with E-state index in [9.17, 15) is 0 Å². The molecular weight excluding hydrogens is 192 g/mol. The number of hydrogen-bond acceptors (Lipinski definition) is 0. The second-order valence-corrected chi connectivity index (χ2v) is 4.92. The van der Waals surface area contributed by atoms with Gasteiger partial charge in [0.2, 0.25) is 0 Å². The zero-order valence-electron chi connectivity index (χ0n) is 13.7. The van der Waals surface area contributed by atoms with Crippen LogP contribution in [0.15, 0.2) is 30.2 Å². The van der Waals surface area contributed by atoms with Crippen LogP contribution in [0.2, 0.25) is 0 Å². The van der Waals surface area contributed by atoms with Crippen LogP contribution in [-0.2, 0) is 0 Å². The minimum Gasteiger partial charge on any atom is -0.119 e. The van der Waals surface area contributed by atoms with Gasteiger partial charge in [0.25, 0.3) is 0 Å². The molecule has 0 spiro atoms. The van der Waals surface area contributed by atoms with E-state index in [0.29, 0.717) is 18.4 Å². The summed E-state index contributed by atoms with van der Waals surface area (Å²) in [7, 11) is 0. The van der Waals surface area contributed by atoms with Gasteiger partial charge in [-0.05, 0) is 37.1 Å². The molecule has 2 fully saturated rings. The number of benzene rings is 1. The molecule has 0 aliphatic heterocycles. The van der Waals surface area contributed by atoms with Gasteiger partial charge >= 0.3 is 0 Å². The summed E-state index contributed by atoms with van der Waals surface area (Å²) in [6.45, 7) is 0. The van der Waals surface area contributed by atoms with Crippen LogP contribution in [0.1, 0.15) is 45.4 Å². The van der Waals surface area contributed by atoms with Crippen molar-refractivity contribution in [3.8, 4) is 0 Å². The van der Waals surface area contributed by atoms with Crippen molar-refractivity contribution in [2.75, 3.05) is 0 Å². The van der Waals surface area contributed by atoms with Crippen LogP contribution in [0, 0.1) is 5.92 Å². The lowest BCUT2D eigenvalue weighted by molar-refractivity contribution is 0.440. The van der Waals surface area contributed by atoms with Crippen LogP contribution in [0.4, 0.5) is 0 Å². The zero-order chi connectivity index (χ0) is 14.8. The number of rotatable bonds is 1. The number of fused-ring (bicyclic) bond motifs is 2. The average Bonchev–Trinajstić information content (AvgIpc) is 2.83. The van der Waals surface area contributed by atoms with Crippen LogP contribution >= 0.6 is 11.6 Å². The number of alkyl halides is 1. The minimum atomic E-state index is -0.779. The molecule has 2 bridgehead atoms. The Bertz CT molecular complexity index is 560. The predicted octanol–water partition coefficient (Wildman–Crippen LogP) is 3.95. The summed E-state index contributed by atoms with van der Waals surface area (Å²) < 4.78 is 47.4. The number of halogens is 1. The highest BCUT2D eigenvalue weighted by atomic mass is 35.5. The summed E-state index contributed by atoms with van der Waals surface area (Å²) in [6, 6.07) is -1.34. The van der Waals surface area contributed by atoms with Gasteiger partial charge in [0.15, 0.2) is 0 Å². The Labute approximate surface area is 98.7 Å². The maximum Gasteiger partial charge on any atom is 0.0626 e. The SMILES string of the molecule is [2H]c1c([2H])c([2H])c([C@@H]2C[C@H]3CC[C@]2(Cl)[C@H]3[2H])c([2H])c1[2H]. The second kappa shape index (κ2) is 3.00. The van der Waals surface area contributed by atoms with Gasteiger partial charge in [0, 0.05) is 7.29 Å². The molecule has 0 N–H and O–H groups in total. The summed E-state index contributed by atoms with van der Waals surface area (Å²) >= 11 is 6.61. The molecule has 0 saturated heterocycles.